The van der Waals surface area contributed by atoms with Crippen molar-refractivity contribution >= 4 is 10.0 Å². The van der Waals surface area contributed by atoms with Crippen molar-refractivity contribution in [3.05, 3.63) is 11.4 Å². The van der Waals surface area contributed by atoms with Gasteiger partial charge in [0.25, 0.3) is 0 Å². The maximum atomic E-state index is 12.5. The second kappa shape index (κ2) is 4.08. The SMILES string of the molecule is Cc1nn(C)c(C)c1S(=O)(=O)N1CC[C@H](N)C1. The van der Waals surface area contributed by atoms with Gasteiger partial charge in [-0.3, -0.25) is 4.68 Å². The molecule has 1 atom stereocenters. The molecule has 0 aliphatic carbocycles. The maximum absolute atomic E-state index is 12.5. The molecule has 0 saturated carbocycles. The summed E-state index contributed by atoms with van der Waals surface area (Å²) in [5.74, 6) is 0. The fourth-order valence-corrected chi connectivity index (χ4v) is 4.14. The normalized spacial score (nSPS) is 22.2. The number of nitrogens with two attached hydrogens (primary N) is 1. The summed E-state index contributed by atoms with van der Waals surface area (Å²) in [5, 5.41) is 4.15. The van der Waals surface area contributed by atoms with E-state index in [0.717, 1.165) is 6.42 Å². The van der Waals surface area contributed by atoms with E-state index in [1.165, 1.54) is 4.31 Å². The minimum atomic E-state index is -3.44. The quantitative estimate of drug-likeness (QED) is 0.793. The average molecular weight is 258 g/mol. The Bertz CT molecular complexity index is 535. The molecule has 0 unspecified atom stereocenters. The Hall–Kier alpha value is -0.920. The number of hydrogen-bond acceptors (Lipinski definition) is 4. The smallest absolute Gasteiger partial charge is 0.246 e. The Morgan fingerprint density at radius 3 is 2.47 bits per heavy atom. The number of hydrogen-bond donors (Lipinski definition) is 1. The van der Waals surface area contributed by atoms with Gasteiger partial charge in [0.15, 0.2) is 0 Å². The van der Waals surface area contributed by atoms with E-state index in [1.807, 2.05) is 0 Å². The van der Waals surface area contributed by atoms with Crippen LogP contribution < -0.4 is 5.73 Å². The third-order valence-corrected chi connectivity index (χ3v) is 5.35. The van der Waals surface area contributed by atoms with E-state index in [9.17, 15) is 8.42 Å². The van der Waals surface area contributed by atoms with Gasteiger partial charge < -0.3 is 5.73 Å². The van der Waals surface area contributed by atoms with Gasteiger partial charge in [0.05, 0.1) is 11.4 Å². The van der Waals surface area contributed by atoms with Gasteiger partial charge in [-0.05, 0) is 20.3 Å². The van der Waals surface area contributed by atoms with Crippen LogP contribution >= 0.6 is 0 Å². The van der Waals surface area contributed by atoms with Crippen LogP contribution in [-0.2, 0) is 17.1 Å². The molecule has 0 amide bonds. The summed E-state index contributed by atoms with van der Waals surface area (Å²) >= 11 is 0. The molecular formula is C10H18N4O2S. The van der Waals surface area contributed by atoms with Crippen LogP contribution in [0.3, 0.4) is 0 Å². The predicted octanol–water partition coefficient (Wildman–Crippen LogP) is -0.241. The zero-order chi connectivity index (χ0) is 12.8. The number of aryl methyl sites for hydroxylation is 2. The van der Waals surface area contributed by atoms with E-state index >= 15 is 0 Å². The first kappa shape index (κ1) is 12.5. The minimum absolute atomic E-state index is 0.0536. The van der Waals surface area contributed by atoms with E-state index < -0.39 is 10.0 Å². The van der Waals surface area contributed by atoms with Crippen LogP contribution in [0.4, 0.5) is 0 Å². The molecule has 96 valence electrons. The maximum Gasteiger partial charge on any atom is 0.246 e. The number of nitrogens with zero attached hydrogens (tertiary/aromatic N) is 3. The summed E-state index contributed by atoms with van der Waals surface area (Å²) in [6.45, 7) is 4.38. The molecule has 17 heavy (non-hydrogen) atoms. The molecule has 2 rings (SSSR count). The van der Waals surface area contributed by atoms with E-state index in [4.69, 9.17) is 5.73 Å². The summed E-state index contributed by atoms with van der Waals surface area (Å²) < 4.78 is 28.0. The second-order valence-corrected chi connectivity index (χ2v) is 6.41. The van der Waals surface area contributed by atoms with Crippen LogP contribution in [-0.4, -0.2) is 41.6 Å². The van der Waals surface area contributed by atoms with Crippen molar-refractivity contribution in [2.24, 2.45) is 12.8 Å². The fraction of sp³-hybridized carbons (Fsp3) is 0.700. The standard InChI is InChI=1S/C10H18N4O2S/c1-7-10(8(2)13(3)12-7)17(15,16)14-5-4-9(11)6-14/h9H,4-6,11H2,1-3H3/t9-/m0/s1. The van der Waals surface area contributed by atoms with E-state index in [1.54, 1.807) is 25.6 Å². The van der Waals surface area contributed by atoms with Crippen LogP contribution in [0.2, 0.25) is 0 Å². The topological polar surface area (TPSA) is 81.2 Å². The molecular weight excluding hydrogens is 240 g/mol. The highest BCUT2D eigenvalue weighted by Crippen LogP contribution is 2.25. The van der Waals surface area contributed by atoms with Gasteiger partial charge in [-0.1, -0.05) is 0 Å². The Morgan fingerprint density at radius 2 is 2.06 bits per heavy atom. The van der Waals surface area contributed by atoms with Crippen molar-refractivity contribution in [3.63, 3.8) is 0 Å². The van der Waals surface area contributed by atoms with Crippen LogP contribution in [0, 0.1) is 13.8 Å². The average Bonchev–Trinajstić information content (AvgIpc) is 2.73. The molecule has 0 bridgehead atoms. The van der Waals surface area contributed by atoms with Crippen molar-refractivity contribution in [2.75, 3.05) is 13.1 Å². The van der Waals surface area contributed by atoms with Crippen LogP contribution in [0.15, 0.2) is 4.90 Å². The lowest BCUT2D eigenvalue weighted by Gasteiger charge is -2.16. The van der Waals surface area contributed by atoms with E-state index in [-0.39, 0.29) is 6.04 Å². The lowest BCUT2D eigenvalue weighted by molar-refractivity contribution is 0.471. The molecule has 0 radical (unpaired) electrons. The van der Waals surface area contributed by atoms with Crippen molar-refractivity contribution < 1.29 is 8.42 Å². The zero-order valence-corrected chi connectivity index (χ0v) is 11.2. The second-order valence-electron chi connectivity index (χ2n) is 4.54. The van der Waals surface area contributed by atoms with Gasteiger partial charge in [-0.25, -0.2) is 8.42 Å². The molecule has 1 saturated heterocycles. The van der Waals surface area contributed by atoms with Crippen LogP contribution in [0.1, 0.15) is 17.8 Å². The summed E-state index contributed by atoms with van der Waals surface area (Å²) in [7, 11) is -1.70. The number of sulfonamides is 1. The number of rotatable bonds is 2. The predicted molar refractivity (Wildman–Crippen MR) is 64.0 cm³/mol. The Balaban J connectivity index is 2.45. The Kier molecular flexibility index (Phi) is 3.01. The first-order valence-corrected chi connectivity index (χ1v) is 7.04. The van der Waals surface area contributed by atoms with Gasteiger partial charge >= 0.3 is 0 Å². The summed E-state index contributed by atoms with van der Waals surface area (Å²) in [6.07, 6.45) is 0.720. The van der Waals surface area contributed by atoms with E-state index in [0.29, 0.717) is 29.4 Å². The van der Waals surface area contributed by atoms with Crippen LogP contribution in [0.25, 0.3) is 0 Å². The minimum Gasteiger partial charge on any atom is -0.326 e. The van der Waals surface area contributed by atoms with Crippen molar-refractivity contribution in [2.45, 2.75) is 31.2 Å². The highest BCUT2D eigenvalue weighted by Gasteiger charge is 2.34. The highest BCUT2D eigenvalue weighted by molar-refractivity contribution is 7.89. The third-order valence-electron chi connectivity index (χ3n) is 3.23. The molecule has 1 aromatic heterocycles. The Labute approximate surface area is 101 Å². The van der Waals surface area contributed by atoms with Crippen molar-refractivity contribution in [1.82, 2.24) is 14.1 Å². The van der Waals surface area contributed by atoms with Crippen molar-refractivity contribution in [1.29, 1.82) is 0 Å². The molecule has 1 aliphatic rings. The summed E-state index contributed by atoms with van der Waals surface area (Å²) in [4.78, 5) is 0.328. The van der Waals surface area contributed by atoms with Crippen molar-refractivity contribution in [3.8, 4) is 0 Å². The van der Waals surface area contributed by atoms with Gasteiger partial charge in [-0.15, -0.1) is 0 Å². The molecule has 2 heterocycles. The monoisotopic (exact) mass is 258 g/mol. The fourth-order valence-electron chi connectivity index (χ4n) is 2.23. The summed E-state index contributed by atoms with van der Waals surface area (Å²) in [6, 6.07) is -0.0536. The lowest BCUT2D eigenvalue weighted by Crippen LogP contribution is -2.32. The zero-order valence-electron chi connectivity index (χ0n) is 10.3. The number of aromatic nitrogens is 2. The molecule has 1 aliphatic heterocycles. The largest absolute Gasteiger partial charge is 0.326 e. The third kappa shape index (κ3) is 1.98. The highest BCUT2D eigenvalue weighted by atomic mass is 32.2. The molecule has 1 aromatic rings. The van der Waals surface area contributed by atoms with Gasteiger partial charge in [0.1, 0.15) is 4.90 Å². The van der Waals surface area contributed by atoms with Gasteiger partial charge in [0, 0.05) is 26.2 Å². The van der Waals surface area contributed by atoms with Gasteiger partial charge in [0.2, 0.25) is 10.0 Å². The lowest BCUT2D eigenvalue weighted by atomic mass is 10.3. The van der Waals surface area contributed by atoms with Gasteiger partial charge in [-0.2, -0.15) is 9.40 Å². The molecule has 2 N–H and O–H groups in total. The first-order chi connectivity index (χ1) is 7.84. The van der Waals surface area contributed by atoms with Crippen LogP contribution in [0.5, 0.6) is 0 Å². The molecule has 6 nitrogen and oxygen atoms in total. The summed E-state index contributed by atoms with van der Waals surface area (Å²) in [5.41, 5.74) is 6.97. The Morgan fingerprint density at radius 1 is 1.41 bits per heavy atom. The first-order valence-electron chi connectivity index (χ1n) is 5.60. The molecule has 1 fully saturated rings. The van der Waals surface area contributed by atoms with E-state index in [2.05, 4.69) is 5.10 Å². The molecule has 0 aromatic carbocycles. The molecule has 7 heteroatoms. The molecule has 0 spiro atoms.